The van der Waals surface area contributed by atoms with Gasteiger partial charge in [-0.1, -0.05) is 0 Å². The fourth-order valence-corrected chi connectivity index (χ4v) is 2.13. The van der Waals surface area contributed by atoms with E-state index in [1.165, 1.54) is 11.8 Å². The lowest BCUT2D eigenvalue weighted by Gasteiger charge is -2.36. The van der Waals surface area contributed by atoms with Crippen molar-refractivity contribution in [3.63, 3.8) is 0 Å². The van der Waals surface area contributed by atoms with Crippen LogP contribution < -0.4 is 5.32 Å². The van der Waals surface area contributed by atoms with Crippen LogP contribution in [0.3, 0.4) is 0 Å². The van der Waals surface area contributed by atoms with Gasteiger partial charge in [0.1, 0.15) is 6.04 Å². The van der Waals surface area contributed by atoms with Gasteiger partial charge < -0.3 is 20.1 Å². The van der Waals surface area contributed by atoms with Gasteiger partial charge in [-0.15, -0.1) is 0 Å². The highest BCUT2D eigenvalue weighted by molar-refractivity contribution is 5.86. The molecule has 104 valence electrons. The molecule has 2 amide bonds. The van der Waals surface area contributed by atoms with Crippen LogP contribution >= 0.6 is 0 Å². The number of rotatable bonds is 4. The Kier molecular flexibility index (Phi) is 5.10. The predicted octanol–water partition coefficient (Wildman–Crippen LogP) is -0.489. The standard InChI is InChI=1S/C12H22N2O4/c1-9(13-10(2)15)11(16)14(3)8-12(17)4-6-18-7-5-12/h9,17H,4-8H2,1-3H3,(H,13,15). The van der Waals surface area contributed by atoms with Gasteiger partial charge in [0.15, 0.2) is 0 Å². The molecule has 18 heavy (non-hydrogen) atoms. The maximum absolute atomic E-state index is 12.0. The van der Waals surface area contributed by atoms with Crippen LogP contribution in [0.2, 0.25) is 0 Å². The average Bonchev–Trinajstić information content (AvgIpc) is 2.27. The summed E-state index contributed by atoms with van der Waals surface area (Å²) in [7, 11) is 1.63. The van der Waals surface area contributed by atoms with Gasteiger partial charge in [0, 0.05) is 46.6 Å². The normalized spacial score (nSPS) is 20.0. The van der Waals surface area contributed by atoms with E-state index in [1.54, 1.807) is 14.0 Å². The third-order valence-corrected chi connectivity index (χ3v) is 3.12. The fourth-order valence-electron chi connectivity index (χ4n) is 2.13. The molecule has 0 radical (unpaired) electrons. The molecule has 1 aliphatic heterocycles. The first-order valence-electron chi connectivity index (χ1n) is 6.16. The number of likely N-dealkylation sites (N-methyl/N-ethyl adjacent to an activating group) is 1. The highest BCUT2D eigenvalue weighted by Gasteiger charge is 2.33. The van der Waals surface area contributed by atoms with E-state index < -0.39 is 11.6 Å². The van der Waals surface area contributed by atoms with Gasteiger partial charge in [-0.05, 0) is 6.92 Å². The van der Waals surface area contributed by atoms with Gasteiger partial charge in [-0.3, -0.25) is 9.59 Å². The van der Waals surface area contributed by atoms with Crippen molar-refractivity contribution >= 4 is 11.8 Å². The monoisotopic (exact) mass is 258 g/mol. The van der Waals surface area contributed by atoms with Crippen molar-refractivity contribution in [3.05, 3.63) is 0 Å². The van der Waals surface area contributed by atoms with Crippen LogP contribution in [-0.4, -0.2) is 60.3 Å². The Hall–Kier alpha value is -1.14. The first-order chi connectivity index (χ1) is 8.34. The summed E-state index contributed by atoms with van der Waals surface area (Å²) in [6, 6.07) is -0.573. The van der Waals surface area contributed by atoms with Crippen molar-refractivity contribution in [3.8, 4) is 0 Å². The van der Waals surface area contributed by atoms with Crippen LogP contribution in [0, 0.1) is 0 Å². The number of carbonyl (C=O) groups excluding carboxylic acids is 2. The van der Waals surface area contributed by atoms with E-state index in [-0.39, 0.29) is 18.4 Å². The minimum absolute atomic E-state index is 0.204. The van der Waals surface area contributed by atoms with Crippen LogP contribution in [0.25, 0.3) is 0 Å². The molecule has 1 atom stereocenters. The molecule has 0 aromatic heterocycles. The number of nitrogens with zero attached hydrogens (tertiary/aromatic N) is 1. The van der Waals surface area contributed by atoms with Gasteiger partial charge >= 0.3 is 0 Å². The molecule has 0 bridgehead atoms. The molecule has 1 unspecified atom stereocenters. The Morgan fingerprint density at radius 1 is 1.44 bits per heavy atom. The number of carbonyl (C=O) groups is 2. The maximum atomic E-state index is 12.0. The van der Waals surface area contributed by atoms with E-state index in [9.17, 15) is 14.7 Å². The quantitative estimate of drug-likeness (QED) is 0.713. The second-order valence-electron chi connectivity index (χ2n) is 4.95. The Morgan fingerprint density at radius 2 is 2.00 bits per heavy atom. The average molecular weight is 258 g/mol. The minimum atomic E-state index is -0.876. The zero-order valence-corrected chi connectivity index (χ0v) is 11.2. The minimum Gasteiger partial charge on any atom is -0.388 e. The summed E-state index contributed by atoms with van der Waals surface area (Å²) in [4.78, 5) is 24.3. The molecule has 6 nitrogen and oxygen atoms in total. The maximum Gasteiger partial charge on any atom is 0.244 e. The van der Waals surface area contributed by atoms with Gasteiger partial charge in [0.25, 0.3) is 0 Å². The summed E-state index contributed by atoms with van der Waals surface area (Å²) in [5.41, 5.74) is -0.876. The SMILES string of the molecule is CC(=O)NC(C)C(=O)N(C)CC1(O)CCOCC1. The number of amides is 2. The first kappa shape index (κ1) is 14.9. The second kappa shape index (κ2) is 6.15. The number of aliphatic hydroxyl groups is 1. The molecule has 1 fully saturated rings. The summed E-state index contributed by atoms with van der Waals surface area (Å²) in [5.74, 6) is -0.445. The topological polar surface area (TPSA) is 78.9 Å². The molecule has 6 heteroatoms. The third-order valence-electron chi connectivity index (χ3n) is 3.12. The largest absolute Gasteiger partial charge is 0.388 e. The third kappa shape index (κ3) is 4.27. The van der Waals surface area contributed by atoms with Crippen molar-refractivity contribution < 1.29 is 19.4 Å². The van der Waals surface area contributed by atoms with Crippen LogP contribution in [0.4, 0.5) is 0 Å². The smallest absolute Gasteiger partial charge is 0.244 e. The molecule has 0 saturated carbocycles. The van der Waals surface area contributed by atoms with Gasteiger partial charge in [0.2, 0.25) is 11.8 Å². The van der Waals surface area contributed by atoms with Gasteiger partial charge in [0.05, 0.1) is 5.60 Å². The van der Waals surface area contributed by atoms with E-state index >= 15 is 0 Å². The highest BCUT2D eigenvalue weighted by Crippen LogP contribution is 2.21. The number of hydrogen-bond donors (Lipinski definition) is 2. The molecule has 0 aliphatic carbocycles. The highest BCUT2D eigenvalue weighted by atomic mass is 16.5. The Bertz CT molecular complexity index is 313. The summed E-state index contributed by atoms with van der Waals surface area (Å²) >= 11 is 0. The summed E-state index contributed by atoms with van der Waals surface area (Å²) < 4.78 is 5.19. The predicted molar refractivity (Wildman–Crippen MR) is 65.9 cm³/mol. The van der Waals surface area contributed by atoms with E-state index in [0.717, 1.165) is 0 Å². The van der Waals surface area contributed by atoms with Crippen molar-refractivity contribution in [2.45, 2.75) is 38.3 Å². The van der Waals surface area contributed by atoms with Crippen LogP contribution in [-0.2, 0) is 14.3 Å². The van der Waals surface area contributed by atoms with Gasteiger partial charge in [-0.2, -0.15) is 0 Å². The zero-order valence-electron chi connectivity index (χ0n) is 11.2. The van der Waals surface area contributed by atoms with E-state index in [0.29, 0.717) is 26.1 Å². The van der Waals surface area contributed by atoms with Crippen molar-refractivity contribution in [2.24, 2.45) is 0 Å². The summed E-state index contributed by atoms with van der Waals surface area (Å²) in [6.45, 7) is 4.29. The molecule has 2 N–H and O–H groups in total. The van der Waals surface area contributed by atoms with Crippen LogP contribution in [0.5, 0.6) is 0 Å². The molecule has 0 aromatic rings. The summed E-state index contributed by atoms with van der Waals surface area (Å²) in [5, 5.41) is 12.8. The van der Waals surface area contributed by atoms with Crippen LogP contribution in [0.15, 0.2) is 0 Å². The van der Waals surface area contributed by atoms with Crippen molar-refractivity contribution in [1.29, 1.82) is 0 Å². The Labute approximate surface area is 107 Å². The van der Waals surface area contributed by atoms with Crippen molar-refractivity contribution in [1.82, 2.24) is 10.2 Å². The van der Waals surface area contributed by atoms with Crippen molar-refractivity contribution in [2.75, 3.05) is 26.8 Å². The molecule has 1 heterocycles. The number of ether oxygens (including phenoxy) is 1. The molecular weight excluding hydrogens is 236 g/mol. The number of hydrogen-bond acceptors (Lipinski definition) is 4. The molecule has 1 saturated heterocycles. The number of nitrogens with one attached hydrogen (secondary N) is 1. The van der Waals surface area contributed by atoms with E-state index in [1.807, 2.05) is 0 Å². The van der Waals surface area contributed by atoms with E-state index in [2.05, 4.69) is 5.32 Å². The molecule has 1 rings (SSSR count). The lowest BCUT2D eigenvalue weighted by atomic mass is 9.94. The van der Waals surface area contributed by atoms with E-state index in [4.69, 9.17) is 4.74 Å². The molecule has 0 aromatic carbocycles. The fraction of sp³-hybridized carbons (Fsp3) is 0.833. The first-order valence-corrected chi connectivity index (χ1v) is 6.16. The Morgan fingerprint density at radius 3 is 2.50 bits per heavy atom. The molecule has 0 spiro atoms. The summed E-state index contributed by atoms with van der Waals surface area (Å²) in [6.07, 6.45) is 1.05. The lowest BCUT2D eigenvalue weighted by Crippen LogP contribution is -2.51. The zero-order chi connectivity index (χ0) is 13.8. The van der Waals surface area contributed by atoms with Gasteiger partial charge in [-0.25, -0.2) is 0 Å². The Balaban J connectivity index is 2.50. The molecule has 1 aliphatic rings. The molecular formula is C12H22N2O4. The lowest BCUT2D eigenvalue weighted by molar-refractivity contribution is -0.140. The second-order valence-corrected chi connectivity index (χ2v) is 4.95. The van der Waals surface area contributed by atoms with Crippen LogP contribution in [0.1, 0.15) is 26.7 Å².